The molecule has 7 heteroatoms. The molecule has 0 unspecified atom stereocenters. The molecule has 0 N–H and O–H groups in total. The molecule has 1 aromatic carbocycles. The number of fused-ring (bicyclic) bond motifs is 3. The quantitative estimate of drug-likeness (QED) is 0.759. The zero-order chi connectivity index (χ0) is 19.3. The lowest BCUT2D eigenvalue weighted by Crippen LogP contribution is -2.45. The summed E-state index contributed by atoms with van der Waals surface area (Å²) in [5, 5.41) is 17.6. The molecule has 5 rings (SSSR count). The monoisotopic (exact) mass is 374 g/mol. The summed E-state index contributed by atoms with van der Waals surface area (Å²) < 4.78 is 42.0. The maximum absolute atomic E-state index is 13.4. The third-order valence-electron chi connectivity index (χ3n) is 6.68. The molecule has 27 heavy (non-hydrogen) atoms. The van der Waals surface area contributed by atoms with Crippen LogP contribution in [-0.2, 0) is 18.6 Å². The van der Waals surface area contributed by atoms with E-state index in [1.54, 1.807) is 17.7 Å². The number of benzene rings is 1. The molecule has 3 saturated carbocycles. The van der Waals surface area contributed by atoms with E-state index in [2.05, 4.69) is 16.3 Å². The molecule has 3 aliphatic rings. The Morgan fingerprint density at radius 1 is 1.07 bits per heavy atom. The van der Waals surface area contributed by atoms with Crippen LogP contribution in [0.25, 0.3) is 11.4 Å². The van der Waals surface area contributed by atoms with E-state index in [1.807, 2.05) is 0 Å². The van der Waals surface area contributed by atoms with Gasteiger partial charge in [0.25, 0.3) is 0 Å². The van der Waals surface area contributed by atoms with Gasteiger partial charge < -0.3 is 4.57 Å². The average Bonchev–Trinajstić information content (AvgIpc) is 3.05. The van der Waals surface area contributed by atoms with Crippen LogP contribution in [0.1, 0.15) is 56.3 Å². The van der Waals surface area contributed by atoms with Gasteiger partial charge in [-0.1, -0.05) is 18.2 Å². The standard InChI is InChI=1S/C20H21F3N4/c1-27-16(14-4-2-3-5-15(14)20(21,22)23)25-26-17(27)19-9-6-18(7-10-19,8-11-19)12-13-24/h2-5H,6-12H2,1H3. The molecule has 2 bridgehead atoms. The normalized spacial score (nSPS) is 27.5. The fourth-order valence-corrected chi connectivity index (χ4v) is 4.98. The minimum Gasteiger partial charge on any atom is -0.314 e. The summed E-state index contributed by atoms with van der Waals surface area (Å²) in [4.78, 5) is 0. The fraction of sp³-hybridized carbons (Fsp3) is 0.550. The predicted molar refractivity (Wildman–Crippen MR) is 93.5 cm³/mol. The lowest BCUT2D eigenvalue weighted by Gasteiger charge is -2.52. The van der Waals surface area contributed by atoms with Gasteiger partial charge in [0.15, 0.2) is 5.82 Å². The number of nitrogens with zero attached hydrogens (tertiary/aromatic N) is 4. The Kier molecular flexibility index (Phi) is 4.06. The highest BCUT2D eigenvalue weighted by Crippen LogP contribution is 2.58. The molecular weight excluding hydrogens is 353 g/mol. The maximum Gasteiger partial charge on any atom is 0.417 e. The summed E-state index contributed by atoms with van der Waals surface area (Å²) in [6.45, 7) is 0. The number of rotatable bonds is 3. The highest BCUT2D eigenvalue weighted by Gasteiger charge is 2.51. The molecule has 1 aromatic heterocycles. The van der Waals surface area contributed by atoms with Gasteiger partial charge in [0.2, 0.25) is 0 Å². The molecule has 0 radical (unpaired) electrons. The Hall–Kier alpha value is -2.36. The van der Waals surface area contributed by atoms with Gasteiger partial charge in [-0.3, -0.25) is 0 Å². The van der Waals surface area contributed by atoms with E-state index >= 15 is 0 Å². The number of aromatic nitrogens is 3. The summed E-state index contributed by atoms with van der Waals surface area (Å²) in [5.74, 6) is 1.03. The van der Waals surface area contributed by atoms with Crippen molar-refractivity contribution in [2.24, 2.45) is 12.5 Å². The summed E-state index contributed by atoms with van der Waals surface area (Å²) in [7, 11) is 1.76. The summed E-state index contributed by atoms with van der Waals surface area (Å²) >= 11 is 0. The second-order valence-corrected chi connectivity index (χ2v) is 8.06. The number of nitriles is 1. The van der Waals surface area contributed by atoms with Crippen LogP contribution in [0.3, 0.4) is 0 Å². The van der Waals surface area contributed by atoms with E-state index in [0.717, 1.165) is 50.4 Å². The zero-order valence-electron chi connectivity index (χ0n) is 15.2. The van der Waals surface area contributed by atoms with Crippen molar-refractivity contribution < 1.29 is 13.2 Å². The SMILES string of the molecule is Cn1c(-c2ccccc2C(F)(F)F)nnc1C12CCC(CC#N)(CC1)CC2. The van der Waals surface area contributed by atoms with Crippen LogP contribution in [0.4, 0.5) is 13.2 Å². The van der Waals surface area contributed by atoms with E-state index in [1.165, 1.54) is 12.1 Å². The van der Waals surface area contributed by atoms with Gasteiger partial charge in [0, 0.05) is 24.4 Å². The second kappa shape index (κ2) is 6.08. The van der Waals surface area contributed by atoms with E-state index < -0.39 is 11.7 Å². The highest BCUT2D eigenvalue weighted by atomic mass is 19.4. The average molecular weight is 374 g/mol. The van der Waals surface area contributed by atoms with Crippen LogP contribution in [0.15, 0.2) is 24.3 Å². The van der Waals surface area contributed by atoms with E-state index in [-0.39, 0.29) is 22.2 Å². The first-order valence-corrected chi connectivity index (χ1v) is 9.24. The Morgan fingerprint density at radius 2 is 1.70 bits per heavy atom. The molecule has 0 amide bonds. The van der Waals surface area contributed by atoms with Crippen molar-refractivity contribution in [1.82, 2.24) is 14.8 Å². The van der Waals surface area contributed by atoms with Crippen LogP contribution >= 0.6 is 0 Å². The Balaban J connectivity index is 1.71. The molecule has 1 heterocycles. The van der Waals surface area contributed by atoms with Crippen molar-refractivity contribution in [1.29, 1.82) is 5.26 Å². The Labute approximate surface area is 156 Å². The van der Waals surface area contributed by atoms with Crippen molar-refractivity contribution in [3.05, 3.63) is 35.7 Å². The molecule has 0 saturated heterocycles. The van der Waals surface area contributed by atoms with Crippen molar-refractivity contribution >= 4 is 0 Å². The molecular formula is C20H21F3N4. The molecule has 4 nitrogen and oxygen atoms in total. The van der Waals surface area contributed by atoms with Crippen LogP contribution < -0.4 is 0 Å². The Morgan fingerprint density at radius 3 is 2.30 bits per heavy atom. The van der Waals surface area contributed by atoms with Gasteiger partial charge >= 0.3 is 6.18 Å². The molecule has 0 atom stereocenters. The third-order valence-corrected chi connectivity index (χ3v) is 6.68. The lowest BCUT2D eigenvalue weighted by molar-refractivity contribution is -0.137. The van der Waals surface area contributed by atoms with Crippen molar-refractivity contribution in [2.75, 3.05) is 0 Å². The van der Waals surface area contributed by atoms with Crippen molar-refractivity contribution in [2.45, 2.75) is 56.5 Å². The minimum atomic E-state index is -4.44. The van der Waals surface area contributed by atoms with Crippen molar-refractivity contribution in [3.8, 4) is 17.5 Å². The third kappa shape index (κ3) is 2.82. The maximum atomic E-state index is 13.4. The molecule has 3 aliphatic carbocycles. The summed E-state index contributed by atoms with van der Waals surface area (Å²) in [5.41, 5.74) is -0.636. The summed E-state index contributed by atoms with van der Waals surface area (Å²) in [6.07, 6.45) is 1.83. The van der Waals surface area contributed by atoms with Crippen LogP contribution in [0, 0.1) is 16.7 Å². The molecule has 142 valence electrons. The predicted octanol–water partition coefficient (Wildman–Crippen LogP) is 5.01. The first-order valence-electron chi connectivity index (χ1n) is 9.24. The smallest absolute Gasteiger partial charge is 0.314 e. The molecule has 3 fully saturated rings. The number of hydrogen-bond acceptors (Lipinski definition) is 3. The van der Waals surface area contributed by atoms with Gasteiger partial charge in [-0.2, -0.15) is 18.4 Å². The minimum absolute atomic E-state index is 0.0631. The fourth-order valence-electron chi connectivity index (χ4n) is 4.98. The van der Waals surface area contributed by atoms with Crippen LogP contribution in [-0.4, -0.2) is 14.8 Å². The van der Waals surface area contributed by atoms with Gasteiger partial charge in [-0.15, -0.1) is 10.2 Å². The molecule has 0 aliphatic heterocycles. The van der Waals surface area contributed by atoms with Gasteiger partial charge in [0.05, 0.1) is 11.6 Å². The van der Waals surface area contributed by atoms with Gasteiger partial charge in [-0.05, 0) is 50.0 Å². The van der Waals surface area contributed by atoms with Gasteiger partial charge in [-0.25, -0.2) is 0 Å². The first kappa shape index (κ1) is 18.0. The summed E-state index contributed by atoms with van der Waals surface area (Å²) in [6, 6.07) is 7.84. The number of halogens is 3. The van der Waals surface area contributed by atoms with Crippen molar-refractivity contribution in [3.63, 3.8) is 0 Å². The van der Waals surface area contributed by atoms with Crippen LogP contribution in [0.2, 0.25) is 0 Å². The van der Waals surface area contributed by atoms with E-state index in [9.17, 15) is 13.2 Å². The zero-order valence-corrected chi connectivity index (χ0v) is 15.2. The number of alkyl halides is 3. The first-order chi connectivity index (χ1) is 12.8. The lowest BCUT2D eigenvalue weighted by atomic mass is 9.52. The Bertz CT molecular complexity index is 882. The second-order valence-electron chi connectivity index (χ2n) is 8.06. The topological polar surface area (TPSA) is 54.5 Å². The number of hydrogen-bond donors (Lipinski definition) is 0. The largest absolute Gasteiger partial charge is 0.417 e. The van der Waals surface area contributed by atoms with Crippen LogP contribution in [0.5, 0.6) is 0 Å². The van der Waals surface area contributed by atoms with E-state index in [0.29, 0.717) is 6.42 Å². The van der Waals surface area contributed by atoms with Gasteiger partial charge in [0.1, 0.15) is 5.82 Å². The van der Waals surface area contributed by atoms with E-state index in [4.69, 9.17) is 5.26 Å². The molecule has 0 spiro atoms. The highest BCUT2D eigenvalue weighted by molar-refractivity contribution is 5.61. The molecule has 2 aromatic rings.